The molecular formula is C15H15FN2OS. The highest BCUT2D eigenvalue weighted by Crippen LogP contribution is 2.17. The highest BCUT2D eigenvalue weighted by Gasteiger charge is 2.02. The zero-order valence-corrected chi connectivity index (χ0v) is 12.1. The van der Waals surface area contributed by atoms with Crippen LogP contribution in [0.3, 0.4) is 0 Å². The van der Waals surface area contributed by atoms with Crippen LogP contribution in [0, 0.1) is 12.7 Å². The van der Waals surface area contributed by atoms with E-state index in [4.69, 9.17) is 17.0 Å². The van der Waals surface area contributed by atoms with Gasteiger partial charge in [0.15, 0.2) is 5.11 Å². The van der Waals surface area contributed by atoms with Crippen LogP contribution in [-0.2, 0) is 0 Å². The molecule has 0 aliphatic heterocycles. The van der Waals surface area contributed by atoms with Crippen molar-refractivity contribution in [1.29, 1.82) is 0 Å². The van der Waals surface area contributed by atoms with E-state index in [9.17, 15) is 4.39 Å². The summed E-state index contributed by atoms with van der Waals surface area (Å²) in [6.07, 6.45) is 0. The van der Waals surface area contributed by atoms with Gasteiger partial charge in [0.25, 0.3) is 0 Å². The molecule has 2 rings (SSSR count). The van der Waals surface area contributed by atoms with Gasteiger partial charge < -0.3 is 15.4 Å². The molecule has 20 heavy (non-hydrogen) atoms. The van der Waals surface area contributed by atoms with Gasteiger partial charge in [-0.3, -0.25) is 0 Å². The Labute approximate surface area is 122 Å². The molecule has 0 aromatic heterocycles. The van der Waals surface area contributed by atoms with Crippen molar-refractivity contribution in [3.8, 4) is 5.75 Å². The first-order valence-electron chi connectivity index (χ1n) is 6.06. The van der Waals surface area contributed by atoms with Crippen molar-refractivity contribution in [1.82, 2.24) is 0 Å². The third-order valence-corrected chi connectivity index (χ3v) is 2.97. The van der Waals surface area contributed by atoms with Crippen LogP contribution in [-0.4, -0.2) is 12.2 Å². The Hall–Kier alpha value is -2.14. The number of anilines is 2. The fourth-order valence-electron chi connectivity index (χ4n) is 1.69. The maximum Gasteiger partial charge on any atom is 0.175 e. The number of aryl methyl sites for hydroxylation is 1. The van der Waals surface area contributed by atoms with Crippen molar-refractivity contribution in [3.63, 3.8) is 0 Å². The van der Waals surface area contributed by atoms with Gasteiger partial charge in [0.2, 0.25) is 0 Å². The maximum absolute atomic E-state index is 13.2. The van der Waals surface area contributed by atoms with Crippen molar-refractivity contribution in [3.05, 3.63) is 53.8 Å². The van der Waals surface area contributed by atoms with Gasteiger partial charge >= 0.3 is 0 Å². The topological polar surface area (TPSA) is 33.3 Å². The van der Waals surface area contributed by atoms with Crippen molar-refractivity contribution in [2.45, 2.75) is 6.92 Å². The largest absolute Gasteiger partial charge is 0.497 e. The third-order valence-electron chi connectivity index (χ3n) is 2.76. The third kappa shape index (κ3) is 3.68. The number of nitrogens with one attached hydrogen (secondary N) is 2. The number of ether oxygens (including phenoxy) is 1. The lowest BCUT2D eigenvalue weighted by atomic mass is 10.2. The van der Waals surface area contributed by atoms with Crippen molar-refractivity contribution in [2.24, 2.45) is 0 Å². The number of methoxy groups -OCH3 is 1. The van der Waals surface area contributed by atoms with E-state index in [0.717, 1.165) is 17.1 Å². The molecule has 0 saturated carbocycles. The molecule has 0 spiro atoms. The van der Waals surface area contributed by atoms with E-state index >= 15 is 0 Å². The van der Waals surface area contributed by atoms with Gasteiger partial charge in [-0.1, -0.05) is 0 Å². The van der Waals surface area contributed by atoms with E-state index in [1.54, 1.807) is 26.2 Å². The molecule has 0 atom stereocenters. The molecule has 0 amide bonds. The minimum Gasteiger partial charge on any atom is -0.497 e. The average molecular weight is 290 g/mol. The number of hydrogen-bond donors (Lipinski definition) is 2. The van der Waals surface area contributed by atoms with E-state index in [-0.39, 0.29) is 5.82 Å². The Balaban J connectivity index is 1.99. The Morgan fingerprint density at radius 3 is 2.25 bits per heavy atom. The second-order valence-electron chi connectivity index (χ2n) is 4.27. The Morgan fingerprint density at radius 2 is 1.65 bits per heavy atom. The lowest BCUT2D eigenvalue weighted by Crippen LogP contribution is -2.19. The van der Waals surface area contributed by atoms with E-state index in [0.29, 0.717) is 10.7 Å². The molecule has 2 aromatic rings. The first kappa shape index (κ1) is 14.3. The number of rotatable bonds is 3. The first-order valence-corrected chi connectivity index (χ1v) is 6.47. The standard InChI is InChI=1S/C15H15FN2OS/c1-10-9-12(5-8-14(10)16)18-15(20)17-11-3-6-13(19-2)7-4-11/h3-9H,1-2H3,(H2,17,18,20). The van der Waals surface area contributed by atoms with E-state index < -0.39 is 0 Å². The molecule has 0 bridgehead atoms. The summed E-state index contributed by atoms with van der Waals surface area (Å²) in [5.74, 6) is 0.549. The first-order chi connectivity index (χ1) is 9.58. The van der Waals surface area contributed by atoms with Gasteiger partial charge in [0.05, 0.1) is 7.11 Å². The molecule has 0 radical (unpaired) electrons. The molecule has 0 fully saturated rings. The van der Waals surface area contributed by atoms with Gasteiger partial charge in [0, 0.05) is 11.4 Å². The fourth-order valence-corrected chi connectivity index (χ4v) is 1.93. The normalized spacial score (nSPS) is 9.95. The van der Waals surface area contributed by atoms with Crippen molar-refractivity contribution < 1.29 is 9.13 Å². The molecule has 0 saturated heterocycles. The summed E-state index contributed by atoms with van der Waals surface area (Å²) < 4.78 is 18.2. The van der Waals surface area contributed by atoms with Crippen LogP contribution >= 0.6 is 12.2 Å². The molecular weight excluding hydrogens is 275 g/mol. The van der Waals surface area contributed by atoms with Gasteiger partial charge in [-0.15, -0.1) is 0 Å². The van der Waals surface area contributed by atoms with Gasteiger partial charge in [-0.05, 0) is 67.2 Å². The lowest BCUT2D eigenvalue weighted by Gasteiger charge is -2.11. The molecule has 2 N–H and O–H groups in total. The molecule has 0 unspecified atom stereocenters. The Kier molecular flexibility index (Phi) is 4.53. The maximum atomic E-state index is 13.2. The zero-order valence-electron chi connectivity index (χ0n) is 11.2. The van der Waals surface area contributed by atoms with Crippen LogP contribution < -0.4 is 15.4 Å². The fraction of sp³-hybridized carbons (Fsp3) is 0.133. The summed E-state index contributed by atoms with van der Waals surface area (Å²) >= 11 is 5.21. The quantitative estimate of drug-likeness (QED) is 0.839. The van der Waals surface area contributed by atoms with Crippen LogP contribution in [0.4, 0.5) is 15.8 Å². The summed E-state index contributed by atoms with van der Waals surface area (Å²) in [6, 6.07) is 12.2. The molecule has 0 heterocycles. The molecule has 2 aromatic carbocycles. The minimum absolute atomic E-state index is 0.232. The second-order valence-corrected chi connectivity index (χ2v) is 4.68. The van der Waals surface area contributed by atoms with Crippen LogP contribution in [0.2, 0.25) is 0 Å². The van der Waals surface area contributed by atoms with Crippen molar-refractivity contribution in [2.75, 3.05) is 17.7 Å². The predicted molar refractivity (Wildman–Crippen MR) is 84.0 cm³/mol. The molecule has 0 aliphatic carbocycles. The van der Waals surface area contributed by atoms with Gasteiger partial charge in [-0.2, -0.15) is 0 Å². The molecule has 104 valence electrons. The Morgan fingerprint density at radius 1 is 1.05 bits per heavy atom. The van der Waals surface area contributed by atoms with Crippen LogP contribution in [0.1, 0.15) is 5.56 Å². The SMILES string of the molecule is COc1ccc(NC(=S)Nc2ccc(F)c(C)c2)cc1. The average Bonchev–Trinajstić information content (AvgIpc) is 2.44. The van der Waals surface area contributed by atoms with Crippen molar-refractivity contribution >= 4 is 28.7 Å². The predicted octanol–water partition coefficient (Wildman–Crippen LogP) is 3.95. The highest BCUT2D eigenvalue weighted by atomic mass is 32.1. The van der Waals surface area contributed by atoms with Crippen LogP contribution in [0.5, 0.6) is 5.75 Å². The second kappa shape index (κ2) is 6.34. The smallest absolute Gasteiger partial charge is 0.175 e. The summed E-state index contributed by atoms with van der Waals surface area (Å²) in [7, 11) is 1.62. The number of benzene rings is 2. The van der Waals surface area contributed by atoms with E-state index in [1.165, 1.54) is 6.07 Å². The summed E-state index contributed by atoms with van der Waals surface area (Å²) in [4.78, 5) is 0. The number of halogens is 1. The number of hydrogen-bond acceptors (Lipinski definition) is 2. The minimum atomic E-state index is -0.232. The lowest BCUT2D eigenvalue weighted by molar-refractivity contribution is 0.415. The summed E-state index contributed by atoms with van der Waals surface area (Å²) in [5.41, 5.74) is 2.17. The summed E-state index contributed by atoms with van der Waals surface area (Å²) in [6.45, 7) is 1.71. The molecule has 0 aliphatic rings. The molecule has 5 heteroatoms. The van der Waals surface area contributed by atoms with E-state index in [2.05, 4.69) is 10.6 Å². The van der Waals surface area contributed by atoms with Crippen LogP contribution in [0.25, 0.3) is 0 Å². The molecule has 3 nitrogen and oxygen atoms in total. The van der Waals surface area contributed by atoms with Gasteiger partial charge in [0.1, 0.15) is 11.6 Å². The monoisotopic (exact) mass is 290 g/mol. The van der Waals surface area contributed by atoms with Crippen LogP contribution in [0.15, 0.2) is 42.5 Å². The zero-order chi connectivity index (χ0) is 14.5. The van der Waals surface area contributed by atoms with E-state index in [1.807, 2.05) is 24.3 Å². The Bertz CT molecular complexity index is 614. The number of thiocarbonyl (C=S) groups is 1. The summed E-state index contributed by atoms with van der Waals surface area (Å²) in [5, 5.41) is 6.50. The van der Waals surface area contributed by atoms with Gasteiger partial charge in [-0.25, -0.2) is 4.39 Å². The highest BCUT2D eigenvalue weighted by molar-refractivity contribution is 7.80.